The minimum Gasteiger partial charge on any atom is -0.371 e. The maximum Gasteiger partial charge on any atom is 0.253 e. The average Bonchev–Trinajstić information content (AvgIpc) is 3.55. The Morgan fingerprint density at radius 3 is 2.26 bits per heavy atom. The normalized spacial score (nSPS) is 16.4. The predicted octanol–water partition coefficient (Wildman–Crippen LogP) is 3.37. The lowest BCUT2D eigenvalue weighted by atomic mass is 10.1. The Kier molecular flexibility index (Phi) is 7.76. The van der Waals surface area contributed by atoms with Gasteiger partial charge >= 0.3 is 0 Å². The molecule has 2 aliphatic rings. The molecule has 2 aromatic rings. The van der Waals surface area contributed by atoms with Crippen LogP contribution in [0.1, 0.15) is 55.5 Å². The van der Waals surface area contributed by atoms with E-state index < -0.39 is 10.0 Å². The highest BCUT2D eigenvalue weighted by Gasteiger charge is 2.26. The van der Waals surface area contributed by atoms with Gasteiger partial charge in [-0.05, 0) is 55.2 Å². The van der Waals surface area contributed by atoms with E-state index in [2.05, 4.69) is 10.2 Å². The van der Waals surface area contributed by atoms with Gasteiger partial charge in [0.15, 0.2) is 0 Å². The van der Waals surface area contributed by atoms with Gasteiger partial charge in [0.2, 0.25) is 15.9 Å². The second kappa shape index (κ2) is 10.8. The quantitative estimate of drug-likeness (QED) is 0.573. The molecule has 0 aliphatic carbocycles. The van der Waals surface area contributed by atoms with Crippen molar-refractivity contribution in [2.24, 2.45) is 0 Å². The predicted molar refractivity (Wildman–Crippen MR) is 137 cm³/mol. The van der Waals surface area contributed by atoms with Crippen LogP contribution in [0.4, 0.5) is 11.4 Å². The van der Waals surface area contributed by atoms with E-state index >= 15 is 0 Å². The van der Waals surface area contributed by atoms with E-state index in [9.17, 15) is 18.0 Å². The molecule has 0 aromatic heterocycles. The van der Waals surface area contributed by atoms with E-state index in [1.807, 2.05) is 24.3 Å². The number of sulfonamides is 1. The van der Waals surface area contributed by atoms with Gasteiger partial charge in [-0.2, -0.15) is 4.31 Å². The second-order valence-electron chi connectivity index (χ2n) is 8.96. The van der Waals surface area contributed by atoms with E-state index in [1.54, 1.807) is 30.9 Å². The van der Waals surface area contributed by atoms with Gasteiger partial charge in [0.1, 0.15) is 0 Å². The lowest BCUT2D eigenvalue weighted by molar-refractivity contribution is -0.117. The van der Waals surface area contributed by atoms with Gasteiger partial charge in [-0.1, -0.05) is 26.0 Å². The molecule has 0 radical (unpaired) electrons. The smallest absolute Gasteiger partial charge is 0.253 e. The van der Waals surface area contributed by atoms with Crippen molar-refractivity contribution < 1.29 is 18.0 Å². The molecule has 0 unspecified atom stereocenters. The number of carbonyl (C=O) groups excluding carboxylic acids is 2. The zero-order valence-corrected chi connectivity index (χ0v) is 21.3. The third-order valence-electron chi connectivity index (χ3n) is 6.78. The summed E-state index contributed by atoms with van der Waals surface area (Å²) in [5.74, 6) is -0.165. The van der Waals surface area contributed by atoms with Gasteiger partial charge in [-0.25, -0.2) is 8.42 Å². The summed E-state index contributed by atoms with van der Waals surface area (Å²) in [6.45, 7) is 7.08. The topological polar surface area (TPSA) is 90.0 Å². The minimum atomic E-state index is -3.68. The second-order valence-corrected chi connectivity index (χ2v) is 10.9. The zero-order chi connectivity index (χ0) is 25.0. The Morgan fingerprint density at radius 1 is 0.971 bits per heavy atom. The maximum absolute atomic E-state index is 13.3. The molecule has 2 saturated heterocycles. The van der Waals surface area contributed by atoms with E-state index in [4.69, 9.17) is 0 Å². The molecule has 0 bridgehead atoms. The number of hydrogen-bond donors (Lipinski definition) is 1. The monoisotopic (exact) mass is 498 g/mol. The molecule has 2 amide bonds. The fourth-order valence-electron chi connectivity index (χ4n) is 4.80. The van der Waals surface area contributed by atoms with Crippen LogP contribution < -0.4 is 15.1 Å². The Labute approximate surface area is 207 Å². The largest absolute Gasteiger partial charge is 0.371 e. The van der Waals surface area contributed by atoms with E-state index in [0.29, 0.717) is 31.6 Å². The standard InChI is InChI=1S/C26H34N4O4S/c1-3-29(4-2)35(33,34)22-13-14-24(28-15-5-6-16-28)23(18-22)26(32)27-19-20-9-11-21(12-10-20)30-17-7-8-25(30)31/h9-14,18H,3-8,15-17,19H2,1-2H3,(H,27,32). The number of benzene rings is 2. The molecule has 8 nitrogen and oxygen atoms in total. The summed E-state index contributed by atoms with van der Waals surface area (Å²) >= 11 is 0. The fraction of sp³-hybridized carbons (Fsp3) is 0.462. The van der Waals surface area contributed by atoms with Gasteiger partial charge in [-0.3, -0.25) is 9.59 Å². The highest BCUT2D eigenvalue weighted by atomic mass is 32.2. The lowest BCUT2D eigenvalue weighted by Gasteiger charge is -2.23. The number of nitrogens with one attached hydrogen (secondary N) is 1. The number of carbonyl (C=O) groups is 2. The molecule has 4 rings (SSSR count). The van der Waals surface area contributed by atoms with Crippen LogP contribution in [0.15, 0.2) is 47.4 Å². The summed E-state index contributed by atoms with van der Waals surface area (Å²) in [5.41, 5.74) is 2.91. The van der Waals surface area contributed by atoms with Crippen molar-refractivity contribution in [2.75, 3.05) is 42.5 Å². The van der Waals surface area contributed by atoms with Crippen LogP contribution in [0.5, 0.6) is 0 Å². The summed E-state index contributed by atoms with van der Waals surface area (Å²) in [4.78, 5) is 29.3. The molecule has 1 N–H and O–H groups in total. The SMILES string of the molecule is CCN(CC)S(=O)(=O)c1ccc(N2CCCC2)c(C(=O)NCc2ccc(N3CCCC3=O)cc2)c1. The van der Waals surface area contributed by atoms with Crippen molar-refractivity contribution in [2.45, 2.75) is 51.0 Å². The number of hydrogen-bond acceptors (Lipinski definition) is 5. The molecule has 9 heteroatoms. The number of nitrogens with zero attached hydrogens (tertiary/aromatic N) is 3. The highest BCUT2D eigenvalue weighted by molar-refractivity contribution is 7.89. The van der Waals surface area contributed by atoms with Crippen molar-refractivity contribution >= 4 is 33.2 Å². The molecule has 0 spiro atoms. The zero-order valence-electron chi connectivity index (χ0n) is 20.5. The first kappa shape index (κ1) is 25.2. The Balaban J connectivity index is 1.54. The first-order valence-corrected chi connectivity index (χ1v) is 13.9. The number of amides is 2. The highest BCUT2D eigenvalue weighted by Crippen LogP contribution is 2.29. The lowest BCUT2D eigenvalue weighted by Crippen LogP contribution is -2.32. The van der Waals surface area contributed by atoms with Gasteiger partial charge in [0, 0.05) is 57.1 Å². The summed E-state index contributed by atoms with van der Waals surface area (Å²) in [7, 11) is -3.68. The summed E-state index contributed by atoms with van der Waals surface area (Å²) in [5, 5.41) is 2.96. The Bertz CT molecular complexity index is 1170. The maximum atomic E-state index is 13.3. The minimum absolute atomic E-state index is 0.133. The van der Waals surface area contributed by atoms with Crippen LogP contribution in [0.3, 0.4) is 0 Å². The molecule has 2 aromatic carbocycles. The van der Waals surface area contributed by atoms with E-state index in [1.165, 1.54) is 10.4 Å². The average molecular weight is 499 g/mol. The molecule has 35 heavy (non-hydrogen) atoms. The van der Waals surface area contributed by atoms with Gasteiger partial charge in [-0.15, -0.1) is 0 Å². The summed E-state index contributed by atoms with van der Waals surface area (Å²) in [6.07, 6.45) is 3.55. The van der Waals surface area contributed by atoms with Crippen molar-refractivity contribution in [3.05, 3.63) is 53.6 Å². The summed E-state index contributed by atoms with van der Waals surface area (Å²) in [6, 6.07) is 12.5. The molecule has 188 valence electrons. The van der Waals surface area contributed by atoms with Crippen molar-refractivity contribution in [1.29, 1.82) is 0 Å². The van der Waals surface area contributed by atoms with Crippen molar-refractivity contribution in [3.63, 3.8) is 0 Å². The first-order valence-electron chi connectivity index (χ1n) is 12.4. The third-order valence-corrected chi connectivity index (χ3v) is 8.82. The molecular weight excluding hydrogens is 464 g/mol. The Morgan fingerprint density at radius 2 is 1.66 bits per heavy atom. The van der Waals surface area contributed by atoms with Crippen molar-refractivity contribution in [3.8, 4) is 0 Å². The van der Waals surface area contributed by atoms with Crippen LogP contribution in [0.25, 0.3) is 0 Å². The van der Waals surface area contributed by atoms with Crippen LogP contribution in [0.2, 0.25) is 0 Å². The molecule has 0 saturated carbocycles. The third kappa shape index (κ3) is 5.36. The first-order chi connectivity index (χ1) is 16.8. The van der Waals surface area contributed by atoms with Crippen LogP contribution >= 0.6 is 0 Å². The molecule has 2 aliphatic heterocycles. The number of anilines is 2. The van der Waals surface area contributed by atoms with Crippen LogP contribution in [-0.2, 0) is 21.4 Å². The van der Waals surface area contributed by atoms with Crippen LogP contribution in [-0.4, -0.2) is 57.3 Å². The van der Waals surface area contributed by atoms with Crippen molar-refractivity contribution in [1.82, 2.24) is 9.62 Å². The molecule has 2 fully saturated rings. The van der Waals surface area contributed by atoms with Gasteiger partial charge in [0.05, 0.1) is 10.5 Å². The van der Waals surface area contributed by atoms with Gasteiger partial charge < -0.3 is 15.1 Å². The van der Waals surface area contributed by atoms with Crippen LogP contribution in [0, 0.1) is 0 Å². The summed E-state index contributed by atoms with van der Waals surface area (Å²) < 4.78 is 27.6. The molecule has 2 heterocycles. The van der Waals surface area contributed by atoms with E-state index in [-0.39, 0.29) is 16.7 Å². The van der Waals surface area contributed by atoms with E-state index in [0.717, 1.165) is 55.8 Å². The molecule has 0 atom stereocenters. The van der Waals surface area contributed by atoms with Gasteiger partial charge in [0.25, 0.3) is 5.91 Å². The number of rotatable bonds is 9. The fourth-order valence-corrected chi connectivity index (χ4v) is 6.28. The Hall–Kier alpha value is -2.91. The molecular formula is C26H34N4O4S.